The van der Waals surface area contributed by atoms with Crippen LogP contribution in [0.15, 0.2) is 84.9 Å². The molecule has 0 unspecified atom stereocenters. The largest absolute Gasteiger partial charge is 0.192 e. The minimum absolute atomic E-state index is 0.676. The topological polar surface area (TPSA) is 47.6 Å². The number of hydrogen-bond acceptors (Lipinski definition) is 2. The highest BCUT2D eigenvalue weighted by molar-refractivity contribution is 14.1. The van der Waals surface area contributed by atoms with Crippen LogP contribution in [0.4, 0.5) is 0 Å². The molecular formula is C28H19IN2. The average Bonchev–Trinajstić information content (AvgIpc) is 2.81. The molecule has 148 valence electrons. The first-order valence-electron chi connectivity index (χ1n) is 9.96. The van der Waals surface area contributed by atoms with E-state index in [0.717, 1.165) is 28.7 Å². The monoisotopic (exact) mass is 510 g/mol. The first kappa shape index (κ1) is 20.8. The first-order valence-corrected chi connectivity index (χ1v) is 11.0. The highest BCUT2D eigenvalue weighted by atomic mass is 127. The van der Waals surface area contributed by atoms with Gasteiger partial charge in [0.2, 0.25) is 0 Å². The zero-order valence-corrected chi connectivity index (χ0v) is 19.2. The molecule has 4 rings (SSSR count). The maximum atomic E-state index is 8.98. The lowest BCUT2D eigenvalue weighted by Crippen LogP contribution is -1.96. The predicted molar refractivity (Wildman–Crippen MR) is 133 cm³/mol. The Morgan fingerprint density at radius 1 is 0.613 bits per heavy atom. The summed E-state index contributed by atoms with van der Waals surface area (Å²) in [6.07, 6.45) is 0.880. The van der Waals surface area contributed by atoms with Gasteiger partial charge < -0.3 is 0 Å². The highest BCUT2D eigenvalue weighted by Gasteiger charge is 2.08. The van der Waals surface area contributed by atoms with E-state index in [1.807, 2.05) is 48.5 Å². The minimum atomic E-state index is 0.676. The van der Waals surface area contributed by atoms with Gasteiger partial charge in [0, 0.05) is 3.57 Å². The number of nitriles is 2. The van der Waals surface area contributed by atoms with Gasteiger partial charge in [0.1, 0.15) is 0 Å². The van der Waals surface area contributed by atoms with Gasteiger partial charge >= 0.3 is 0 Å². The van der Waals surface area contributed by atoms with E-state index < -0.39 is 0 Å². The van der Waals surface area contributed by atoms with Crippen LogP contribution in [0.3, 0.4) is 0 Å². The number of benzene rings is 4. The third kappa shape index (κ3) is 4.68. The number of nitrogens with zero attached hydrogens (tertiary/aromatic N) is 2. The van der Waals surface area contributed by atoms with E-state index in [-0.39, 0.29) is 0 Å². The van der Waals surface area contributed by atoms with Crippen molar-refractivity contribution in [3.8, 4) is 34.4 Å². The molecule has 31 heavy (non-hydrogen) atoms. The van der Waals surface area contributed by atoms with Crippen molar-refractivity contribution in [2.24, 2.45) is 0 Å². The van der Waals surface area contributed by atoms with E-state index in [1.54, 1.807) is 0 Å². The third-order valence-electron chi connectivity index (χ3n) is 5.47. The Labute approximate surface area is 196 Å². The van der Waals surface area contributed by atoms with Gasteiger partial charge in [0.25, 0.3) is 0 Å². The standard InChI is InChI=1S/C28H19IN2/c1-19-14-25(22-6-2-20(17-30)3-7-22)11-10-24(19)15-27-13-12-26(16-28(27)29)23-8-4-21(18-31)5-9-23/h2-14,16H,15H2,1H3. The molecule has 0 saturated heterocycles. The summed E-state index contributed by atoms with van der Waals surface area (Å²) >= 11 is 2.41. The molecule has 2 nitrogen and oxygen atoms in total. The van der Waals surface area contributed by atoms with Crippen molar-refractivity contribution in [3.05, 3.63) is 116 Å². The van der Waals surface area contributed by atoms with Gasteiger partial charge in [-0.1, -0.05) is 54.6 Å². The molecule has 0 N–H and O–H groups in total. The van der Waals surface area contributed by atoms with Crippen molar-refractivity contribution in [1.29, 1.82) is 10.5 Å². The fourth-order valence-corrected chi connectivity index (χ4v) is 4.33. The molecule has 0 spiro atoms. The second-order valence-corrected chi connectivity index (χ2v) is 8.66. The van der Waals surface area contributed by atoms with Crippen molar-refractivity contribution in [3.63, 3.8) is 0 Å². The lowest BCUT2D eigenvalue weighted by molar-refractivity contribution is 1.14. The van der Waals surface area contributed by atoms with E-state index >= 15 is 0 Å². The molecule has 0 amide bonds. The molecule has 0 atom stereocenters. The van der Waals surface area contributed by atoms with Crippen LogP contribution in [0.25, 0.3) is 22.3 Å². The van der Waals surface area contributed by atoms with Crippen LogP contribution in [0.1, 0.15) is 27.8 Å². The minimum Gasteiger partial charge on any atom is -0.192 e. The molecule has 4 aromatic carbocycles. The number of aryl methyl sites for hydroxylation is 1. The lowest BCUT2D eigenvalue weighted by atomic mass is 9.95. The van der Waals surface area contributed by atoms with Gasteiger partial charge in [-0.15, -0.1) is 0 Å². The summed E-state index contributed by atoms with van der Waals surface area (Å²) in [5.41, 5.74) is 9.78. The Morgan fingerprint density at radius 2 is 1.06 bits per heavy atom. The van der Waals surface area contributed by atoms with Crippen LogP contribution in [0.2, 0.25) is 0 Å². The third-order valence-corrected chi connectivity index (χ3v) is 6.48. The molecule has 0 fully saturated rings. The zero-order valence-electron chi connectivity index (χ0n) is 17.1. The van der Waals surface area contributed by atoms with E-state index in [0.29, 0.717) is 11.1 Å². The van der Waals surface area contributed by atoms with Crippen molar-refractivity contribution in [1.82, 2.24) is 0 Å². The van der Waals surface area contributed by atoms with Crippen LogP contribution in [-0.4, -0.2) is 0 Å². The molecule has 3 heteroatoms. The summed E-state index contributed by atoms with van der Waals surface area (Å²) in [6.45, 7) is 2.15. The van der Waals surface area contributed by atoms with E-state index in [1.165, 1.54) is 20.3 Å². The molecule has 0 aliphatic carbocycles. The molecule has 0 aromatic heterocycles. The van der Waals surface area contributed by atoms with Crippen molar-refractivity contribution in [2.75, 3.05) is 0 Å². The molecule has 0 saturated carbocycles. The number of rotatable bonds is 4. The van der Waals surface area contributed by atoms with E-state index in [4.69, 9.17) is 10.5 Å². The Morgan fingerprint density at radius 3 is 1.52 bits per heavy atom. The molecular weight excluding hydrogens is 491 g/mol. The van der Waals surface area contributed by atoms with Crippen LogP contribution in [-0.2, 0) is 6.42 Å². The van der Waals surface area contributed by atoms with Gasteiger partial charge in [0.05, 0.1) is 23.3 Å². The molecule has 0 radical (unpaired) electrons. The Kier molecular flexibility index (Phi) is 6.16. The van der Waals surface area contributed by atoms with Gasteiger partial charge in [0.15, 0.2) is 0 Å². The summed E-state index contributed by atoms with van der Waals surface area (Å²) in [6, 6.07) is 32.9. The number of hydrogen-bond donors (Lipinski definition) is 0. The van der Waals surface area contributed by atoms with Crippen LogP contribution >= 0.6 is 22.6 Å². The summed E-state index contributed by atoms with van der Waals surface area (Å²) in [7, 11) is 0. The van der Waals surface area contributed by atoms with Crippen molar-refractivity contribution in [2.45, 2.75) is 13.3 Å². The van der Waals surface area contributed by atoms with Crippen LogP contribution in [0.5, 0.6) is 0 Å². The van der Waals surface area contributed by atoms with Crippen LogP contribution < -0.4 is 0 Å². The maximum Gasteiger partial charge on any atom is 0.0991 e. The average molecular weight is 510 g/mol. The Balaban J connectivity index is 1.56. The normalized spacial score (nSPS) is 10.3. The second kappa shape index (κ2) is 9.16. The Hall–Kier alpha value is -3.41. The first-order chi connectivity index (χ1) is 15.1. The van der Waals surface area contributed by atoms with Gasteiger partial charge in [-0.05, 0) is 105 Å². The van der Waals surface area contributed by atoms with Crippen molar-refractivity contribution >= 4 is 22.6 Å². The van der Waals surface area contributed by atoms with Gasteiger partial charge in [-0.3, -0.25) is 0 Å². The summed E-state index contributed by atoms with van der Waals surface area (Å²) in [5.74, 6) is 0. The second-order valence-electron chi connectivity index (χ2n) is 7.50. The van der Waals surface area contributed by atoms with Crippen LogP contribution in [0, 0.1) is 33.2 Å². The Bertz CT molecular complexity index is 1220. The van der Waals surface area contributed by atoms with Crippen molar-refractivity contribution < 1.29 is 0 Å². The van der Waals surface area contributed by atoms with Gasteiger partial charge in [-0.25, -0.2) is 0 Å². The highest BCUT2D eigenvalue weighted by Crippen LogP contribution is 2.28. The summed E-state index contributed by atoms with van der Waals surface area (Å²) < 4.78 is 1.23. The summed E-state index contributed by atoms with van der Waals surface area (Å²) in [5, 5.41) is 18.0. The molecule has 4 aromatic rings. The van der Waals surface area contributed by atoms with E-state index in [9.17, 15) is 0 Å². The molecule has 0 aliphatic heterocycles. The fraction of sp³-hybridized carbons (Fsp3) is 0.0714. The predicted octanol–water partition coefficient (Wildman–Crippen LogP) is 7.27. The summed E-state index contributed by atoms with van der Waals surface area (Å²) in [4.78, 5) is 0. The zero-order chi connectivity index (χ0) is 21.8. The quantitative estimate of drug-likeness (QED) is 0.271. The van der Waals surface area contributed by atoms with Gasteiger partial charge in [-0.2, -0.15) is 10.5 Å². The number of halogens is 1. The fourth-order valence-electron chi connectivity index (χ4n) is 3.62. The molecule has 0 heterocycles. The SMILES string of the molecule is Cc1cc(-c2ccc(C#N)cc2)ccc1Cc1ccc(-c2ccc(C#N)cc2)cc1I. The molecule has 0 bridgehead atoms. The molecule has 0 aliphatic rings. The maximum absolute atomic E-state index is 8.98. The van der Waals surface area contributed by atoms with E-state index in [2.05, 4.69) is 78.1 Å². The smallest absolute Gasteiger partial charge is 0.0991 e. The lowest BCUT2D eigenvalue weighted by Gasteiger charge is -2.12.